The highest BCUT2D eigenvalue weighted by Crippen LogP contribution is 2.23. The Morgan fingerprint density at radius 1 is 0.788 bits per heavy atom. The topological polar surface area (TPSA) is 72.3 Å². The first-order valence-electron chi connectivity index (χ1n) is 10.5. The lowest BCUT2D eigenvalue weighted by molar-refractivity contribution is 0.585. The molecule has 1 heterocycles. The second-order valence-corrected chi connectivity index (χ2v) is 9.11. The molecule has 33 heavy (non-hydrogen) atoms. The second kappa shape index (κ2) is 8.87. The predicted molar refractivity (Wildman–Crippen MR) is 133 cm³/mol. The molecule has 3 aromatic rings. The van der Waals surface area contributed by atoms with E-state index in [9.17, 15) is 10.5 Å². The number of hydrogen-bond acceptors (Lipinski definition) is 4. The predicted octanol–water partition coefficient (Wildman–Crippen LogP) is 4.89. The van der Waals surface area contributed by atoms with Crippen LogP contribution in [-0.4, -0.2) is 11.4 Å². The van der Waals surface area contributed by atoms with Crippen LogP contribution in [0.15, 0.2) is 82.8 Å². The lowest BCUT2D eigenvalue weighted by atomic mass is 9.84. The fourth-order valence-corrected chi connectivity index (χ4v) is 4.10. The summed E-state index contributed by atoms with van der Waals surface area (Å²) in [7, 11) is 0. The van der Waals surface area contributed by atoms with Crippen molar-refractivity contribution in [2.75, 3.05) is 0 Å². The van der Waals surface area contributed by atoms with Crippen molar-refractivity contribution >= 4 is 34.4 Å². The normalized spacial score (nSPS) is 13.1. The summed E-state index contributed by atoms with van der Waals surface area (Å²) in [4.78, 5) is 9.80. The minimum atomic E-state index is -0.356. The molecule has 0 spiro atoms. The van der Waals surface area contributed by atoms with E-state index in [0.717, 1.165) is 33.3 Å². The molecule has 1 aliphatic rings. The molecule has 0 amide bonds. The summed E-state index contributed by atoms with van der Waals surface area (Å²) < 4.78 is 0. The molecule has 0 unspecified atom stereocenters. The Morgan fingerprint density at radius 3 is 1.70 bits per heavy atom. The van der Waals surface area contributed by atoms with Crippen molar-refractivity contribution in [3.05, 3.63) is 105 Å². The first-order chi connectivity index (χ1) is 15.8. The van der Waals surface area contributed by atoms with Crippen LogP contribution in [0.4, 0.5) is 0 Å². The van der Waals surface area contributed by atoms with Gasteiger partial charge < -0.3 is 0 Å². The van der Waals surface area contributed by atoms with E-state index in [-0.39, 0.29) is 11.0 Å². The average molecular weight is 449 g/mol. The van der Waals surface area contributed by atoms with Gasteiger partial charge in [0.05, 0.1) is 16.4 Å². The summed E-state index contributed by atoms with van der Waals surface area (Å²) in [5, 5.41) is 20.5. The highest BCUT2D eigenvalue weighted by atomic mass is 35.5. The van der Waals surface area contributed by atoms with E-state index < -0.39 is 0 Å². The summed E-state index contributed by atoms with van der Waals surface area (Å²) in [5.74, 6) is 0.544. The van der Waals surface area contributed by atoms with Crippen LogP contribution < -0.4 is 10.4 Å². The summed E-state index contributed by atoms with van der Waals surface area (Å²) in [5.41, 5.74) is 3.96. The number of halogens is 1. The van der Waals surface area contributed by atoms with E-state index in [1.54, 1.807) is 6.07 Å². The molecule has 0 saturated heterocycles. The molecule has 1 aliphatic heterocycles. The van der Waals surface area contributed by atoms with Gasteiger partial charge in [-0.2, -0.15) is 10.5 Å². The minimum absolute atomic E-state index is 0.00477. The highest BCUT2D eigenvalue weighted by molar-refractivity contribution is 6.56. The summed E-state index contributed by atoms with van der Waals surface area (Å²) in [6.07, 6.45) is 0. The molecule has 0 atom stereocenters. The standard InChI is InChI=1S/C28H21ClN4/c1-28(2,3)22-14-20(15-23(29)24(22)21(16-30)17-31)27-32-25(18-10-6-4-7-11-18)26(33-27)19-12-8-5-9-13-19/h4-15H,1-3H3. The molecule has 0 aromatic heterocycles. The molecule has 0 bridgehead atoms. The smallest absolute Gasteiger partial charge is 0.160 e. The zero-order valence-electron chi connectivity index (χ0n) is 18.6. The largest absolute Gasteiger partial charge is 0.226 e. The van der Waals surface area contributed by atoms with Gasteiger partial charge in [0.25, 0.3) is 0 Å². The van der Waals surface area contributed by atoms with Gasteiger partial charge in [-0.3, -0.25) is 0 Å². The molecule has 160 valence electrons. The maximum atomic E-state index is 9.48. The first-order valence-corrected chi connectivity index (χ1v) is 10.9. The number of rotatable bonds is 2. The van der Waals surface area contributed by atoms with Crippen molar-refractivity contribution in [3.8, 4) is 12.1 Å². The van der Waals surface area contributed by atoms with Crippen LogP contribution in [0, 0.1) is 22.7 Å². The molecule has 5 heteroatoms. The summed E-state index contributed by atoms with van der Waals surface area (Å²) in [6.45, 7) is 6.07. The van der Waals surface area contributed by atoms with Gasteiger partial charge in [-0.1, -0.05) is 93.0 Å². The van der Waals surface area contributed by atoms with E-state index >= 15 is 0 Å². The molecule has 4 rings (SSSR count). The fourth-order valence-electron chi connectivity index (χ4n) is 3.78. The maximum absolute atomic E-state index is 9.48. The molecular weight excluding hydrogens is 428 g/mol. The monoisotopic (exact) mass is 448 g/mol. The molecule has 4 nitrogen and oxygen atoms in total. The van der Waals surface area contributed by atoms with Crippen LogP contribution in [0.5, 0.6) is 0 Å². The highest BCUT2D eigenvalue weighted by Gasteiger charge is 2.23. The quantitative estimate of drug-likeness (QED) is 0.559. The van der Waals surface area contributed by atoms with Crippen molar-refractivity contribution in [3.63, 3.8) is 0 Å². The van der Waals surface area contributed by atoms with Crippen molar-refractivity contribution in [2.45, 2.75) is 26.2 Å². The van der Waals surface area contributed by atoms with E-state index in [0.29, 0.717) is 16.1 Å². The van der Waals surface area contributed by atoms with E-state index in [2.05, 4.69) is 0 Å². The third-order valence-corrected chi connectivity index (χ3v) is 5.68. The van der Waals surface area contributed by atoms with Gasteiger partial charge in [0.1, 0.15) is 17.7 Å². The van der Waals surface area contributed by atoms with Gasteiger partial charge in [-0.05, 0) is 23.1 Å². The Labute approximate surface area is 198 Å². The van der Waals surface area contributed by atoms with Crippen LogP contribution in [0.1, 0.15) is 37.5 Å². The maximum Gasteiger partial charge on any atom is 0.160 e. The van der Waals surface area contributed by atoms with E-state index in [1.807, 2.05) is 99.6 Å². The Hall–Kier alpha value is -3.99. The van der Waals surface area contributed by atoms with Crippen molar-refractivity contribution in [1.29, 1.82) is 10.5 Å². The lowest BCUT2D eigenvalue weighted by Crippen LogP contribution is -2.28. The van der Waals surface area contributed by atoms with Crippen LogP contribution in [-0.2, 0) is 5.41 Å². The number of nitrogens with zero attached hydrogens (tertiary/aromatic N) is 4. The molecule has 3 aromatic carbocycles. The Kier molecular flexibility index (Phi) is 5.97. The van der Waals surface area contributed by atoms with Gasteiger partial charge >= 0.3 is 0 Å². The van der Waals surface area contributed by atoms with Gasteiger partial charge in [-0.15, -0.1) is 0 Å². The summed E-state index contributed by atoms with van der Waals surface area (Å²) >= 11 is 6.64. The number of hydrogen-bond donors (Lipinski definition) is 0. The zero-order chi connectivity index (χ0) is 23.6. The SMILES string of the molecule is CC(C)(C)c1cc(=C2N=C(c3ccccc3)C(c3ccccc3)=N2)cc(Cl)c1=C(C#N)C#N. The first kappa shape index (κ1) is 22.2. The molecule has 0 saturated carbocycles. The molecular formula is C28H21ClN4. The minimum Gasteiger partial charge on any atom is -0.226 e. The fraction of sp³-hybridized carbons (Fsp3) is 0.143. The van der Waals surface area contributed by atoms with Gasteiger partial charge in [0.2, 0.25) is 0 Å². The van der Waals surface area contributed by atoms with Crippen LogP contribution in [0.25, 0.3) is 11.4 Å². The number of nitriles is 2. The lowest BCUT2D eigenvalue weighted by Gasteiger charge is -2.20. The molecule has 0 aliphatic carbocycles. The van der Waals surface area contributed by atoms with E-state index in [4.69, 9.17) is 21.6 Å². The van der Waals surface area contributed by atoms with Gasteiger partial charge in [-0.25, -0.2) is 9.98 Å². The summed E-state index contributed by atoms with van der Waals surface area (Å²) in [6, 6.07) is 27.5. The Balaban J connectivity index is 2.08. The van der Waals surface area contributed by atoms with Crippen LogP contribution >= 0.6 is 11.6 Å². The Bertz CT molecular complexity index is 1420. The van der Waals surface area contributed by atoms with Gasteiger partial charge in [0.15, 0.2) is 5.82 Å². The van der Waals surface area contributed by atoms with Crippen molar-refractivity contribution < 1.29 is 0 Å². The zero-order valence-corrected chi connectivity index (χ0v) is 19.4. The average Bonchev–Trinajstić information content (AvgIpc) is 3.26. The van der Waals surface area contributed by atoms with Crippen LogP contribution in [0.2, 0.25) is 5.02 Å². The molecule has 0 fully saturated rings. The Morgan fingerprint density at radius 2 is 1.27 bits per heavy atom. The third-order valence-electron chi connectivity index (χ3n) is 5.38. The second-order valence-electron chi connectivity index (χ2n) is 8.71. The van der Waals surface area contributed by atoms with E-state index in [1.165, 1.54) is 0 Å². The van der Waals surface area contributed by atoms with Crippen molar-refractivity contribution in [2.24, 2.45) is 9.98 Å². The molecule has 0 N–H and O–H groups in total. The number of benzene rings is 3. The third kappa shape index (κ3) is 4.35. The van der Waals surface area contributed by atoms with Crippen molar-refractivity contribution in [1.82, 2.24) is 0 Å². The molecule has 0 radical (unpaired) electrons. The van der Waals surface area contributed by atoms with Gasteiger partial charge in [0, 0.05) is 21.6 Å². The number of aliphatic imine (C=N–C) groups is 2. The van der Waals surface area contributed by atoms with Crippen LogP contribution in [0.3, 0.4) is 0 Å².